The van der Waals surface area contributed by atoms with Crippen LogP contribution in [0.3, 0.4) is 0 Å². The maximum atomic E-state index is 12.9. The highest BCUT2D eigenvalue weighted by atomic mass is 35.5. The van der Waals surface area contributed by atoms with Crippen LogP contribution >= 0.6 is 34.7 Å². The second-order valence-electron chi connectivity index (χ2n) is 6.61. The number of thioether (sulfide) groups is 1. The van der Waals surface area contributed by atoms with Gasteiger partial charge in [-0.25, -0.2) is 4.98 Å². The standard InChI is InChI=1S/C19H15ClN4O2S2/c1-24-18(25)15-12-3-2-4-13(12)28-17(15)22-19(24)27-9-14-21-16(26-23-14)10-5-7-11(20)8-6-10/h5-8H,2-4,9H2,1H3. The van der Waals surface area contributed by atoms with E-state index in [-0.39, 0.29) is 5.56 Å². The average molecular weight is 431 g/mol. The zero-order chi connectivity index (χ0) is 19.3. The summed E-state index contributed by atoms with van der Waals surface area (Å²) < 4.78 is 6.96. The first-order valence-electron chi connectivity index (χ1n) is 8.83. The summed E-state index contributed by atoms with van der Waals surface area (Å²) in [5.41, 5.74) is 2.05. The zero-order valence-electron chi connectivity index (χ0n) is 14.9. The van der Waals surface area contributed by atoms with Crippen LogP contribution in [0.15, 0.2) is 38.7 Å². The Labute approximate surface area is 173 Å². The summed E-state index contributed by atoms with van der Waals surface area (Å²) in [7, 11) is 1.77. The van der Waals surface area contributed by atoms with Gasteiger partial charge in [-0.05, 0) is 49.1 Å². The molecule has 0 saturated carbocycles. The number of fused-ring (bicyclic) bond motifs is 3. The number of hydrogen-bond donors (Lipinski definition) is 0. The molecule has 0 radical (unpaired) electrons. The third-order valence-electron chi connectivity index (χ3n) is 4.79. The third-order valence-corrected chi connectivity index (χ3v) is 7.26. The van der Waals surface area contributed by atoms with E-state index in [0.29, 0.717) is 27.6 Å². The predicted molar refractivity (Wildman–Crippen MR) is 111 cm³/mol. The number of aryl methyl sites for hydroxylation is 2. The van der Waals surface area contributed by atoms with E-state index < -0.39 is 0 Å². The highest BCUT2D eigenvalue weighted by Crippen LogP contribution is 2.35. The average Bonchev–Trinajstić information content (AvgIpc) is 3.40. The molecule has 0 spiro atoms. The maximum absolute atomic E-state index is 12.9. The zero-order valence-corrected chi connectivity index (χ0v) is 17.3. The molecule has 0 amide bonds. The van der Waals surface area contributed by atoms with Crippen molar-refractivity contribution in [3.05, 3.63) is 55.9 Å². The minimum Gasteiger partial charge on any atom is -0.334 e. The van der Waals surface area contributed by atoms with Gasteiger partial charge >= 0.3 is 0 Å². The lowest BCUT2D eigenvalue weighted by molar-refractivity contribution is 0.425. The lowest BCUT2D eigenvalue weighted by atomic mass is 10.2. The summed E-state index contributed by atoms with van der Waals surface area (Å²) in [6, 6.07) is 7.23. The van der Waals surface area contributed by atoms with Gasteiger partial charge in [0.05, 0.1) is 11.1 Å². The summed E-state index contributed by atoms with van der Waals surface area (Å²) in [4.78, 5) is 24.2. The Bertz CT molecular complexity index is 1240. The Morgan fingerprint density at radius 1 is 1.25 bits per heavy atom. The SMILES string of the molecule is Cn1c(SCc2noc(-c3ccc(Cl)cc3)n2)nc2sc3c(c2c1=O)CCC3. The number of nitrogens with zero attached hydrogens (tertiary/aromatic N) is 4. The third kappa shape index (κ3) is 3.05. The number of thiophene rings is 1. The fraction of sp³-hybridized carbons (Fsp3) is 0.263. The van der Waals surface area contributed by atoms with Gasteiger partial charge in [-0.2, -0.15) is 4.98 Å². The van der Waals surface area contributed by atoms with Gasteiger partial charge in [0.15, 0.2) is 11.0 Å². The fourth-order valence-corrected chi connectivity index (χ4v) is 5.63. The molecule has 0 fully saturated rings. The van der Waals surface area contributed by atoms with Crippen molar-refractivity contribution in [3.8, 4) is 11.5 Å². The summed E-state index contributed by atoms with van der Waals surface area (Å²) in [5, 5.41) is 6.15. The highest BCUT2D eigenvalue weighted by Gasteiger charge is 2.22. The summed E-state index contributed by atoms with van der Waals surface area (Å²) in [5.74, 6) is 1.46. The number of halogens is 1. The topological polar surface area (TPSA) is 73.8 Å². The van der Waals surface area contributed by atoms with E-state index in [0.717, 1.165) is 35.0 Å². The number of benzene rings is 1. The summed E-state index contributed by atoms with van der Waals surface area (Å²) >= 11 is 8.99. The molecular formula is C19H15ClN4O2S2. The molecule has 0 N–H and O–H groups in total. The molecule has 0 aliphatic heterocycles. The van der Waals surface area contributed by atoms with Crippen molar-refractivity contribution in [2.75, 3.05) is 0 Å². The Morgan fingerprint density at radius 2 is 2.07 bits per heavy atom. The van der Waals surface area contributed by atoms with Crippen LogP contribution in [-0.4, -0.2) is 19.7 Å². The Hall–Kier alpha value is -2.16. The van der Waals surface area contributed by atoms with Crippen molar-refractivity contribution in [2.45, 2.75) is 30.2 Å². The highest BCUT2D eigenvalue weighted by molar-refractivity contribution is 7.98. The van der Waals surface area contributed by atoms with Crippen molar-refractivity contribution >= 4 is 44.9 Å². The fourth-order valence-electron chi connectivity index (χ4n) is 3.39. The molecule has 28 heavy (non-hydrogen) atoms. The summed E-state index contributed by atoms with van der Waals surface area (Å²) in [6.45, 7) is 0. The quantitative estimate of drug-likeness (QED) is 0.351. The Balaban J connectivity index is 1.40. The van der Waals surface area contributed by atoms with E-state index in [1.165, 1.54) is 22.2 Å². The van der Waals surface area contributed by atoms with Gasteiger partial charge in [0.25, 0.3) is 11.4 Å². The van der Waals surface area contributed by atoms with Gasteiger partial charge in [0.2, 0.25) is 0 Å². The molecule has 142 valence electrons. The van der Waals surface area contributed by atoms with Gasteiger partial charge in [-0.1, -0.05) is 28.5 Å². The van der Waals surface area contributed by atoms with Gasteiger partial charge in [0.1, 0.15) is 4.83 Å². The first kappa shape index (κ1) is 17.9. The monoisotopic (exact) mass is 430 g/mol. The second-order valence-corrected chi connectivity index (χ2v) is 9.07. The Kier molecular flexibility index (Phi) is 4.49. The van der Waals surface area contributed by atoms with E-state index in [1.807, 2.05) is 12.1 Å². The first-order chi connectivity index (χ1) is 13.6. The maximum Gasteiger partial charge on any atom is 0.262 e. The van der Waals surface area contributed by atoms with Gasteiger partial charge < -0.3 is 4.52 Å². The largest absolute Gasteiger partial charge is 0.334 e. The molecule has 1 aliphatic rings. The molecule has 3 aromatic heterocycles. The number of rotatable bonds is 4. The summed E-state index contributed by atoms with van der Waals surface area (Å²) in [6.07, 6.45) is 3.16. The van der Waals surface area contributed by atoms with Crippen LogP contribution in [0, 0.1) is 0 Å². The molecule has 0 atom stereocenters. The molecule has 6 nitrogen and oxygen atoms in total. The Morgan fingerprint density at radius 3 is 2.89 bits per heavy atom. The second kappa shape index (κ2) is 7.02. The molecular weight excluding hydrogens is 416 g/mol. The minimum atomic E-state index is 0.0295. The van der Waals surface area contributed by atoms with Crippen LogP contribution in [0.1, 0.15) is 22.7 Å². The van der Waals surface area contributed by atoms with E-state index in [4.69, 9.17) is 21.1 Å². The van der Waals surface area contributed by atoms with E-state index in [9.17, 15) is 4.79 Å². The number of aromatic nitrogens is 4. The van der Waals surface area contributed by atoms with Crippen molar-refractivity contribution in [1.82, 2.24) is 19.7 Å². The number of hydrogen-bond acceptors (Lipinski definition) is 7. The van der Waals surface area contributed by atoms with Crippen molar-refractivity contribution < 1.29 is 4.52 Å². The molecule has 1 aromatic carbocycles. The lowest BCUT2D eigenvalue weighted by Gasteiger charge is -2.06. The van der Waals surface area contributed by atoms with Crippen LogP contribution < -0.4 is 5.56 Å². The van der Waals surface area contributed by atoms with E-state index >= 15 is 0 Å². The molecule has 4 aromatic rings. The normalized spacial score (nSPS) is 13.4. The molecule has 9 heteroatoms. The van der Waals surface area contributed by atoms with Crippen LogP contribution in [-0.2, 0) is 25.6 Å². The molecule has 0 bridgehead atoms. The first-order valence-corrected chi connectivity index (χ1v) is 11.0. The van der Waals surface area contributed by atoms with Gasteiger partial charge in [-0.15, -0.1) is 11.3 Å². The predicted octanol–water partition coefficient (Wildman–Crippen LogP) is 4.48. The van der Waals surface area contributed by atoms with Gasteiger partial charge in [0, 0.05) is 22.5 Å². The van der Waals surface area contributed by atoms with Crippen molar-refractivity contribution in [2.24, 2.45) is 7.05 Å². The van der Waals surface area contributed by atoms with Crippen LogP contribution in [0.5, 0.6) is 0 Å². The van der Waals surface area contributed by atoms with Crippen LogP contribution in [0.4, 0.5) is 0 Å². The van der Waals surface area contributed by atoms with Gasteiger partial charge in [-0.3, -0.25) is 9.36 Å². The molecule has 0 saturated heterocycles. The molecule has 3 heterocycles. The minimum absolute atomic E-state index is 0.0295. The van der Waals surface area contributed by atoms with E-state index in [1.54, 1.807) is 35.1 Å². The molecule has 5 rings (SSSR count). The van der Waals surface area contributed by atoms with Crippen LogP contribution in [0.25, 0.3) is 21.7 Å². The van der Waals surface area contributed by atoms with Crippen molar-refractivity contribution in [3.63, 3.8) is 0 Å². The molecule has 1 aliphatic carbocycles. The van der Waals surface area contributed by atoms with Crippen LogP contribution in [0.2, 0.25) is 5.02 Å². The van der Waals surface area contributed by atoms with Crippen molar-refractivity contribution in [1.29, 1.82) is 0 Å². The lowest BCUT2D eigenvalue weighted by Crippen LogP contribution is -2.20. The van der Waals surface area contributed by atoms with E-state index in [2.05, 4.69) is 10.1 Å². The smallest absolute Gasteiger partial charge is 0.262 e. The molecule has 0 unspecified atom stereocenters.